The van der Waals surface area contributed by atoms with Crippen molar-refractivity contribution in [1.29, 1.82) is 0 Å². The van der Waals surface area contributed by atoms with Gasteiger partial charge in [0.1, 0.15) is 0 Å². The lowest BCUT2D eigenvalue weighted by Gasteiger charge is -2.16. The molecule has 1 aliphatic heterocycles. The fraction of sp³-hybridized carbons (Fsp3) is 0.385. The molecule has 0 atom stereocenters. The van der Waals surface area contributed by atoms with Gasteiger partial charge in [-0.3, -0.25) is 4.79 Å². The van der Waals surface area contributed by atoms with Crippen LogP contribution in [-0.2, 0) is 11.3 Å². The summed E-state index contributed by atoms with van der Waals surface area (Å²) in [5, 5.41) is 35.8. The third-order valence-corrected chi connectivity index (χ3v) is 3.36. The van der Waals surface area contributed by atoms with Gasteiger partial charge in [0, 0.05) is 5.56 Å². The summed E-state index contributed by atoms with van der Waals surface area (Å²) in [5.74, 6) is -0.443. The van der Waals surface area contributed by atoms with Gasteiger partial charge in [0.25, 0.3) is 0 Å². The molecule has 0 aliphatic carbocycles. The number of hydrogen-bond donors (Lipinski definition) is 1. The maximum absolute atomic E-state index is 10.9. The summed E-state index contributed by atoms with van der Waals surface area (Å²) in [4.78, 5) is 12.4. The average Bonchev–Trinajstić information content (AvgIpc) is 3.18. The zero-order valence-electron chi connectivity index (χ0n) is 12.1. The van der Waals surface area contributed by atoms with Crippen LogP contribution in [0.2, 0.25) is 0 Å². The minimum Gasteiger partial charge on any atom is -0.481 e. The summed E-state index contributed by atoms with van der Waals surface area (Å²) in [7, 11) is 0. The first kappa shape index (κ1) is 14.9. The molecule has 23 heavy (non-hydrogen) atoms. The molecule has 0 saturated carbocycles. The Morgan fingerprint density at radius 1 is 1.17 bits per heavy atom. The highest BCUT2D eigenvalue weighted by molar-refractivity contribution is 5.68. The summed E-state index contributed by atoms with van der Waals surface area (Å²) in [6, 6.07) is 9.54. The van der Waals surface area contributed by atoms with Crippen molar-refractivity contribution in [3.05, 3.63) is 30.3 Å². The van der Waals surface area contributed by atoms with E-state index < -0.39 is 11.6 Å². The number of carboxylic acids is 1. The molecule has 1 aromatic heterocycles. The number of aromatic nitrogens is 4. The van der Waals surface area contributed by atoms with Gasteiger partial charge in [0.05, 0.1) is 13.0 Å². The third kappa shape index (κ3) is 3.59. The number of nitrogens with zero attached hydrogens (tertiary/aromatic N) is 8. The van der Waals surface area contributed by atoms with Gasteiger partial charge in [-0.2, -0.15) is 4.80 Å². The van der Waals surface area contributed by atoms with Gasteiger partial charge in [-0.05, 0) is 28.5 Å². The van der Waals surface area contributed by atoms with Crippen molar-refractivity contribution >= 4 is 5.97 Å². The van der Waals surface area contributed by atoms with Gasteiger partial charge < -0.3 is 5.11 Å². The van der Waals surface area contributed by atoms with E-state index in [0.29, 0.717) is 25.2 Å². The Morgan fingerprint density at radius 2 is 1.91 bits per heavy atom. The van der Waals surface area contributed by atoms with Crippen LogP contribution in [0.5, 0.6) is 0 Å². The molecule has 1 aromatic carbocycles. The van der Waals surface area contributed by atoms with E-state index >= 15 is 0 Å². The van der Waals surface area contributed by atoms with E-state index in [1.165, 1.54) is 4.80 Å². The molecule has 118 valence electrons. The van der Waals surface area contributed by atoms with Crippen LogP contribution in [0.3, 0.4) is 0 Å². The van der Waals surface area contributed by atoms with Gasteiger partial charge in [0.15, 0.2) is 0 Å². The molecular formula is C13H14N8O2. The van der Waals surface area contributed by atoms with Crippen molar-refractivity contribution in [2.24, 2.45) is 20.7 Å². The molecule has 10 heteroatoms. The Bertz CT molecular complexity index is 727. The van der Waals surface area contributed by atoms with E-state index in [4.69, 9.17) is 5.11 Å². The number of hydrogen-bond acceptors (Lipinski definition) is 8. The SMILES string of the molecule is O=C(O)CC1(CCCn2nnc(-c3ccccc3)n2)N=NN=N1. The first-order chi connectivity index (χ1) is 11.2. The monoisotopic (exact) mass is 314 g/mol. The predicted octanol–water partition coefficient (Wildman–Crippen LogP) is 2.12. The van der Waals surface area contributed by atoms with Crippen molar-refractivity contribution in [3.8, 4) is 11.4 Å². The largest absolute Gasteiger partial charge is 0.481 e. The van der Waals surface area contributed by atoms with Crippen LogP contribution in [0.4, 0.5) is 0 Å². The summed E-state index contributed by atoms with van der Waals surface area (Å²) >= 11 is 0. The minimum absolute atomic E-state index is 0.236. The van der Waals surface area contributed by atoms with Crippen molar-refractivity contribution < 1.29 is 9.90 Å². The number of carboxylic acid groups (broad SMARTS) is 1. The molecule has 0 radical (unpaired) electrons. The van der Waals surface area contributed by atoms with Crippen molar-refractivity contribution in [3.63, 3.8) is 0 Å². The molecule has 2 heterocycles. The fourth-order valence-corrected chi connectivity index (χ4v) is 2.27. The topological polar surface area (TPSA) is 130 Å². The number of benzene rings is 1. The summed E-state index contributed by atoms with van der Waals surface area (Å²) in [6.45, 7) is 0.478. The third-order valence-electron chi connectivity index (χ3n) is 3.36. The molecule has 10 nitrogen and oxygen atoms in total. The summed E-state index contributed by atoms with van der Waals surface area (Å²) in [5.41, 5.74) is -0.214. The van der Waals surface area contributed by atoms with E-state index in [1.807, 2.05) is 30.3 Å². The highest BCUT2D eigenvalue weighted by atomic mass is 16.4. The zero-order chi connectivity index (χ0) is 16.1. The lowest BCUT2D eigenvalue weighted by Crippen LogP contribution is -2.26. The molecule has 0 amide bonds. The van der Waals surface area contributed by atoms with Crippen LogP contribution >= 0.6 is 0 Å². The Morgan fingerprint density at radius 3 is 2.61 bits per heavy atom. The highest BCUT2D eigenvalue weighted by Gasteiger charge is 2.35. The van der Waals surface area contributed by atoms with Crippen molar-refractivity contribution in [1.82, 2.24) is 20.2 Å². The minimum atomic E-state index is -1.10. The van der Waals surface area contributed by atoms with E-state index in [-0.39, 0.29) is 6.42 Å². The highest BCUT2D eigenvalue weighted by Crippen LogP contribution is 2.29. The smallest absolute Gasteiger partial charge is 0.307 e. The Kier molecular flexibility index (Phi) is 4.13. The predicted molar refractivity (Wildman–Crippen MR) is 77.2 cm³/mol. The molecule has 0 fully saturated rings. The van der Waals surface area contributed by atoms with Gasteiger partial charge in [-0.15, -0.1) is 20.4 Å². The Hall–Kier alpha value is -3.04. The molecule has 0 unspecified atom stereocenters. The molecular weight excluding hydrogens is 300 g/mol. The standard InChI is InChI=1S/C13H14N8O2/c22-11(23)9-13(16-18-19-17-13)7-4-8-21-15-12(14-20-21)10-5-2-1-3-6-10/h1-3,5-6H,4,7-9H2,(H,22,23). The Balaban J connectivity index is 1.59. The quantitative estimate of drug-likeness (QED) is 0.836. The van der Waals surface area contributed by atoms with E-state index in [2.05, 4.69) is 36.1 Å². The van der Waals surface area contributed by atoms with E-state index in [9.17, 15) is 4.79 Å². The molecule has 0 bridgehead atoms. The van der Waals surface area contributed by atoms with Crippen LogP contribution in [0.1, 0.15) is 19.3 Å². The summed E-state index contributed by atoms with van der Waals surface area (Å²) < 4.78 is 0. The summed E-state index contributed by atoms with van der Waals surface area (Å²) in [6.07, 6.45) is 0.741. The maximum Gasteiger partial charge on any atom is 0.307 e. The van der Waals surface area contributed by atoms with Crippen molar-refractivity contribution in [2.75, 3.05) is 0 Å². The molecule has 1 N–H and O–H groups in total. The number of rotatable bonds is 7. The number of carbonyl (C=O) groups is 1. The first-order valence-corrected chi connectivity index (χ1v) is 7.06. The molecule has 0 saturated heterocycles. The number of tetrazole rings is 1. The molecule has 0 spiro atoms. The van der Waals surface area contributed by atoms with Crippen LogP contribution < -0.4 is 0 Å². The van der Waals surface area contributed by atoms with Crippen molar-refractivity contribution in [2.45, 2.75) is 31.5 Å². The van der Waals surface area contributed by atoms with Crippen LogP contribution in [0.15, 0.2) is 51.0 Å². The second-order valence-corrected chi connectivity index (χ2v) is 5.11. The van der Waals surface area contributed by atoms with Crippen LogP contribution in [0.25, 0.3) is 11.4 Å². The number of aliphatic carboxylic acids is 1. The zero-order valence-corrected chi connectivity index (χ0v) is 12.1. The van der Waals surface area contributed by atoms with Gasteiger partial charge in [-0.25, -0.2) is 0 Å². The second kappa shape index (κ2) is 6.38. The Labute approximate surface area is 130 Å². The number of aryl methyl sites for hydroxylation is 1. The normalized spacial score (nSPS) is 15.1. The molecule has 3 rings (SSSR count). The van der Waals surface area contributed by atoms with Crippen LogP contribution in [0, 0.1) is 0 Å². The lowest BCUT2D eigenvalue weighted by molar-refractivity contribution is -0.138. The average molecular weight is 314 g/mol. The van der Waals surface area contributed by atoms with Crippen LogP contribution in [-0.4, -0.2) is 36.9 Å². The molecule has 1 aliphatic rings. The molecule has 2 aromatic rings. The lowest BCUT2D eigenvalue weighted by atomic mass is 10.0. The van der Waals surface area contributed by atoms with Gasteiger partial charge in [-0.1, -0.05) is 30.3 Å². The fourth-order valence-electron chi connectivity index (χ4n) is 2.27. The van der Waals surface area contributed by atoms with Gasteiger partial charge in [0.2, 0.25) is 11.5 Å². The van der Waals surface area contributed by atoms with Gasteiger partial charge >= 0.3 is 5.97 Å². The first-order valence-electron chi connectivity index (χ1n) is 7.06. The maximum atomic E-state index is 10.9. The van der Waals surface area contributed by atoms with E-state index in [0.717, 1.165) is 5.56 Å². The second-order valence-electron chi connectivity index (χ2n) is 5.11. The van der Waals surface area contributed by atoms with E-state index in [1.54, 1.807) is 0 Å².